The third-order valence-electron chi connectivity index (χ3n) is 2.72. The highest BCUT2D eigenvalue weighted by atomic mass is 32.2. The molecule has 0 aliphatic carbocycles. The van der Waals surface area contributed by atoms with Gasteiger partial charge < -0.3 is 5.32 Å². The summed E-state index contributed by atoms with van der Waals surface area (Å²) in [4.78, 5) is 34.7. The van der Waals surface area contributed by atoms with Gasteiger partial charge in [0.15, 0.2) is 0 Å². The Bertz CT molecular complexity index is 669. The minimum absolute atomic E-state index is 0.156. The number of hydrogen-bond acceptors (Lipinski definition) is 5. The molecule has 0 bridgehead atoms. The molecular weight excluding hydrogens is 288 g/mol. The van der Waals surface area contributed by atoms with Crippen molar-refractivity contribution in [3.8, 4) is 0 Å². The van der Waals surface area contributed by atoms with Crippen LogP contribution >= 0.6 is 0 Å². The topological polar surface area (TPSA) is 121 Å². The second-order valence-corrected chi connectivity index (χ2v) is 5.40. The van der Waals surface area contributed by atoms with Gasteiger partial charge in [0.05, 0.1) is 6.54 Å². The van der Waals surface area contributed by atoms with Gasteiger partial charge in [-0.25, -0.2) is 4.31 Å². The fourth-order valence-electron chi connectivity index (χ4n) is 1.65. The van der Waals surface area contributed by atoms with Crippen LogP contribution in [0.25, 0.3) is 0 Å². The molecule has 1 unspecified atom stereocenters. The Morgan fingerprint density at radius 2 is 1.85 bits per heavy atom. The second kappa shape index (κ2) is 5.02. The van der Waals surface area contributed by atoms with Crippen LogP contribution in [0.4, 0.5) is 0 Å². The summed E-state index contributed by atoms with van der Waals surface area (Å²) >= 11 is 0. The first-order chi connectivity index (χ1) is 9.30. The van der Waals surface area contributed by atoms with Gasteiger partial charge in [-0.1, -0.05) is 30.3 Å². The molecule has 1 aromatic carbocycles. The number of Topliss-reactive ketones (excluding diaryl/α,β-unsaturated/α-hetero) is 1. The van der Waals surface area contributed by atoms with Gasteiger partial charge in [0.2, 0.25) is 5.78 Å². The molecule has 1 atom stereocenters. The average Bonchev–Trinajstić information content (AvgIpc) is 2.41. The molecule has 1 aromatic rings. The predicted molar refractivity (Wildman–Crippen MR) is 66.0 cm³/mol. The van der Waals surface area contributed by atoms with E-state index in [1.807, 2.05) is 0 Å². The van der Waals surface area contributed by atoms with Crippen molar-refractivity contribution in [1.82, 2.24) is 9.62 Å². The van der Waals surface area contributed by atoms with Gasteiger partial charge in [-0.05, 0) is 0 Å². The molecule has 2 amide bonds. The van der Waals surface area contributed by atoms with Crippen LogP contribution in [-0.4, -0.2) is 47.5 Å². The summed E-state index contributed by atoms with van der Waals surface area (Å²) in [5.74, 6) is -2.82. The van der Waals surface area contributed by atoms with Gasteiger partial charge in [-0.15, -0.1) is 0 Å². The minimum atomic E-state index is -4.61. The standard InChI is InChI=1S/C11H10N2O6S/c14-9(7-4-2-1-3-5-7)10(15)12-8-6-13(11(8)16)20(17,18)19/h1-5,8H,6H2,(H,12,15)(H,17,18,19). The van der Waals surface area contributed by atoms with Crippen molar-refractivity contribution in [2.24, 2.45) is 0 Å². The smallest absolute Gasteiger partial charge is 0.336 e. The number of carbonyl (C=O) groups is 3. The summed E-state index contributed by atoms with van der Waals surface area (Å²) in [5.41, 5.74) is 0.156. The minimum Gasteiger partial charge on any atom is -0.336 e. The Kier molecular flexibility index (Phi) is 3.55. The van der Waals surface area contributed by atoms with Crippen molar-refractivity contribution < 1.29 is 27.4 Å². The largest absolute Gasteiger partial charge is 0.362 e. The third-order valence-corrected chi connectivity index (χ3v) is 3.60. The van der Waals surface area contributed by atoms with E-state index in [-0.39, 0.29) is 9.87 Å². The summed E-state index contributed by atoms with van der Waals surface area (Å²) in [6.45, 7) is -0.397. The zero-order chi connectivity index (χ0) is 14.9. The van der Waals surface area contributed by atoms with E-state index in [1.54, 1.807) is 18.2 Å². The van der Waals surface area contributed by atoms with E-state index in [1.165, 1.54) is 12.1 Å². The number of amides is 2. The summed E-state index contributed by atoms with van der Waals surface area (Å²) in [5, 5.41) is 2.11. The maximum Gasteiger partial charge on any atom is 0.362 e. The van der Waals surface area contributed by atoms with Crippen molar-refractivity contribution in [2.75, 3.05) is 6.54 Å². The highest BCUT2D eigenvalue weighted by Gasteiger charge is 2.44. The molecule has 1 aliphatic heterocycles. The molecule has 0 spiro atoms. The quantitative estimate of drug-likeness (QED) is 0.318. The molecule has 1 heterocycles. The SMILES string of the molecule is O=C(NC1CN(S(=O)(=O)O)C1=O)C(=O)c1ccccc1. The number of benzene rings is 1. The Labute approximate surface area is 114 Å². The van der Waals surface area contributed by atoms with Crippen LogP contribution in [0.15, 0.2) is 30.3 Å². The van der Waals surface area contributed by atoms with Gasteiger partial charge in [0.1, 0.15) is 6.04 Å². The third kappa shape index (κ3) is 2.68. The van der Waals surface area contributed by atoms with E-state index in [9.17, 15) is 22.8 Å². The highest BCUT2D eigenvalue weighted by molar-refractivity contribution is 7.84. The predicted octanol–water partition coefficient (Wildman–Crippen LogP) is -1.00. The van der Waals surface area contributed by atoms with Gasteiger partial charge in [-0.2, -0.15) is 8.42 Å². The lowest BCUT2D eigenvalue weighted by Gasteiger charge is -2.35. The second-order valence-electron chi connectivity index (χ2n) is 4.07. The lowest BCUT2D eigenvalue weighted by molar-refractivity contribution is -0.139. The molecule has 0 radical (unpaired) electrons. The molecule has 1 fully saturated rings. The van der Waals surface area contributed by atoms with E-state index < -0.39 is 40.5 Å². The Morgan fingerprint density at radius 1 is 1.25 bits per heavy atom. The average molecular weight is 298 g/mol. The van der Waals surface area contributed by atoms with Gasteiger partial charge in [-0.3, -0.25) is 18.9 Å². The number of ketones is 1. The van der Waals surface area contributed by atoms with E-state index >= 15 is 0 Å². The molecule has 0 saturated carbocycles. The van der Waals surface area contributed by atoms with Crippen LogP contribution in [0.5, 0.6) is 0 Å². The van der Waals surface area contributed by atoms with Crippen molar-refractivity contribution in [3.05, 3.63) is 35.9 Å². The Hall–Kier alpha value is -2.26. The molecule has 106 valence electrons. The van der Waals surface area contributed by atoms with Crippen LogP contribution < -0.4 is 5.32 Å². The van der Waals surface area contributed by atoms with Crippen LogP contribution in [0.2, 0.25) is 0 Å². The van der Waals surface area contributed by atoms with E-state index in [0.29, 0.717) is 0 Å². The van der Waals surface area contributed by atoms with Crippen molar-refractivity contribution in [3.63, 3.8) is 0 Å². The van der Waals surface area contributed by atoms with Crippen LogP contribution in [0, 0.1) is 0 Å². The molecule has 1 saturated heterocycles. The fraction of sp³-hybridized carbons (Fsp3) is 0.182. The molecule has 20 heavy (non-hydrogen) atoms. The summed E-state index contributed by atoms with van der Waals surface area (Å²) in [6, 6.07) is 6.58. The van der Waals surface area contributed by atoms with Gasteiger partial charge in [0, 0.05) is 5.56 Å². The Balaban J connectivity index is 1.98. The van der Waals surface area contributed by atoms with Gasteiger partial charge in [0.25, 0.3) is 11.8 Å². The molecule has 8 nitrogen and oxygen atoms in total. The monoisotopic (exact) mass is 298 g/mol. The molecule has 1 aliphatic rings. The number of rotatable bonds is 4. The van der Waals surface area contributed by atoms with Crippen LogP contribution in [-0.2, 0) is 19.9 Å². The van der Waals surface area contributed by atoms with Crippen molar-refractivity contribution >= 4 is 27.9 Å². The van der Waals surface area contributed by atoms with Crippen molar-refractivity contribution in [1.29, 1.82) is 0 Å². The lowest BCUT2D eigenvalue weighted by atomic mass is 10.1. The van der Waals surface area contributed by atoms with E-state index in [2.05, 4.69) is 5.32 Å². The number of nitrogens with one attached hydrogen (secondary N) is 1. The molecule has 9 heteroatoms. The maximum absolute atomic E-state index is 11.7. The normalized spacial score (nSPS) is 18.4. The number of nitrogens with zero attached hydrogens (tertiary/aromatic N) is 1. The molecular formula is C11H10N2O6S. The first-order valence-corrected chi connectivity index (χ1v) is 6.89. The van der Waals surface area contributed by atoms with Crippen LogP contribution in [0.1, 0.15) is 10.4 Å². The highest BCUT2D eigenvalue weighted by Crippen LogP contribution is 2.14. The summed E-state index contributed by atoms with van der Waals surface area (Å²) in [6.07, 6.45) is 0. The number of hydrogen-bond donors (Lipinski definition) is 2. The lowest BCUT2D eigenvalue weighted by Crippen LogP contribution is -2.65. The number of carbonyl (C=O) groups excluding carboxylic acids is 3. The van der Waals surface area contributed by atoms with Crippen molar-refractivity contribution in [2.45, 2.75) is 6.04 Å². The first kappa shape index (κ1) is 14.2. The zero-order valence-corrected chi connectivity index (χ0v) is 10.8. The molecule has 0 aromatic heterocycles. The first-order valence-electron chi connectivity index (χ1n) is 5.50. The zero-order valence-electron chi connectivity index (χ0n) is 10.0. The summed E-state index contributed by atoms with van der Waals surface area (Å²) < 4.78 is 30.2. The van der Waals surface area contributed by atoms with Crippen LogP contribution in [0.3, 0.4) is 0 Å². The van der Waals surface area contributed by atoms with Gasteiger partial charge >= 0.3 is 10.3 Å². The van der Waals surface area contributed by atoms with E-state index in [4.69, 9.17) is 4.55 Å². The molecule has 2 rings (SSSR count). The fourth-order valence-corrected chi connectivity index (χ4v) is 2.35. The molecule has 2 N–H and O–H groups in total. The number of β-lactam (4-membered cyclic amide) rings is 1. The summed E-state index contributed by atoms with van der Waals surface area (Å²) in [7, 11) is -4.61. The Morgan fingerprint density at radius 3 is 2.35 bits per heavy atom. The van der Waals surface area contributed by atoms with E-state index in [0.717, 1.165) is 0 Å². The maximum atomic E-state index is 11.7.